The number of benzene rings is 1. The maximum absolute atomic E-state index is 14.3. The van der Waals surface area contributed by atoms with E-state index in [0.29, 0.717) is 37.8 Å². The highest BCUT2D eigenvalue weighted by molar-refractivity contribution is 5.98. The van der Waals surface area contributed by atoms with Gasteiger partial charge in [-0.2, -0.15) is 0 Å². The number of nitrogens with zero attached hydrogens (tertiary/aromatic N) is 2. The van der Waals surface area contributed by atoms with E-state index < -0.39 is 41.7 Å². The summed E-state index contributed by atoms with van der Waals surface area (Å²) in [6.45, 7) is 12.0. The standard InChI is InChI=1S/C34H47N3O7/c1-5-8-16-27(39)35-22-26(24-14-10-9-11-15-24)43-33(42)28-25-17-18-34(44-25)29(28)31(40)37(20-12-21-38)30(34)32(41)36(19-7-3)23(4)13-6-2/h5,7,9-11,14-15,23,25-26,28-30,38H,1,3,6,8,12-13,16-22H2,2,4H3,(H,35,39)/t23?,25-,26-,28+,29+,30-,34+/m1/s1. The minimum Gasteiger partial charge on any atom is -0.455 e. The first-order valence-electron chi connectivity index (χ1n) is 15.9. The van der Waals surface area contributed by atoms with Gasteiger partial charge in [-0.3, -0.25) is 19.2 Å². The maximum Gasteiger partial charge on any atom is 0.313 e. The van der Waals surface area contributed by atoms with Gasteiger partial charge in [-0.05, 0) is 44.6 Å². The Morgan fingerprint density at radius 2 is 2.00 bits per heavy atom. The van der Waals surface area contributed by atoms with Crippen LogP contribution in [0.15, 0.2) is 55.6 Å². The molecule has 10 nitrogen and oxygen atoms in total. The van der Waals surface area contributed by atoms with Crippen LogP contribution < -0.4 is 5.32 Å². The summed E-state index contributed by atoms with van der Waals surface area (Å²) in [6.07, 6.45) is 5.77. The molecule has 3 heterocycles. The molecule has 3 saturated heterocycles. The molecule has 44 heavy (non-hydrogen) atoms. The number of carbonyl (C=O) groups is 4. The van der Waals surface area contributed by atoms with Gasteiger partial charge in [-0.15, -0.1) is 13.2 Å². The molecule has 1 aromatic rings. The molecule has 240 valence electrons. The van der Waals surface area contributed by atoms with Gasteiger partial charge in [0.15, 0.2) is 0 Å². The Balaban J connectivity index is 1.62. The zero-order valence-corrected chi connectivity index (χ0v) is 26.0. The van der Waals surface area contributed by atoms with E-state index in [2.05, 4.69) is 25.4 Å². The van der Waals surface area contributed by atoms with Crippen molar-refractivity contribution in [2.75, 3.05) is 26.2 Å². The van der Waals surface area contributed by atoms with Gasteiger partial charge in [-0.25, -0.2) is 0 Å². The van der Waals surface area contributed by atoms with E-state index in [0.717, 1.165) is 12.8 Å². The van der Waals surface area contributed by atoms with Gasteiger partial charge in [0.1, 0.15) is 17.7 Å². The number of allylic oxidation sites excluding steroid dienone is 1. The third-order valence-electron chi connectivity index (χ3n) is 9.20. The van der Waals surface area contributed by atoms with Gasteiger partial charge >= 0.3 is 5.97 Å². The van der Waals surface area contributed by atoms with Crippen molar-refractivity contribution in [2.45, 2.75) is 88.7 Å². The molecular weight excluding hydrogens is 562 g/mol. The fourth-order valence-corrected chi connectivity index (χ4v) is 7.18. The Bertz CT molecular complexity index is 1210. The molecular formula is C34H47N3O7. The summed E-state index contributed by atoms with van der Waals surface area (Å²) in [5.41, 5.74) is -0.450. The Kier molecular flexibility index (Phi) is 11.4. The number of nitrogens with one attached hydrogen (secondary N) is 1. The molecule has 3 aliphatic rings. The fourth-order valence-electron chi connectivity index (χ4n) is 7.18. The van der Waals surface area contributed by atoms with Crippen molar-refractivity contribution >= 4 is 23.7 Å². The molecule has 1 unspecified atom stereocenters. The normalized spacial score (nSPS) is 26.5. The highest BCUT2D eigenvalue weighted by atomic mass is 16.6. The van der Waals surface area contributed by atoms with E-state index in [-0.39, 0.29) is 49.9 Å². The van der Waals surface area contributed by atoms with Crippen molar-refractivity contribution in [3.8, 4) is 0 Å². The van der Waals surface area contributed by atoms with Gasteiger partial charge < -0.3 is 29.7 Å². The predicted octanol–water partition coefficient (Wildman–Crippen LogP) is 3.31. The first kappa shape index (κ1) is 33.4. The minimum atomic E-state index is -1.16. The van der Waals surface area contributed by atoms with Gasteiger partial charge in [-0.1, -0.05) is 55.8 Å². The molecule has 4 rings (SSSR count). The largest absolute Gasteiger partial charge is 0.455 e. The molecule has 0 saturated carbocycles. The summed E-state index contributed by atoms with van der Waals surface area (Å²) in [4.78, 5) is 58.1. The average molecular weight is 610 g/mol. The third kappa shape index (κ3) is 6.61. The van der Waals surface area contributed by atoms with Crippen LogP contribution in [0.5, 0.6) is 0 Å². The Morgan fingerprint density at radius 3 is 2.66 bits per heavy atom. The highest BCUT2D eigenvalue weighted by Crippen LogP contribution is 2.59. The summed E-state index contributed by atoms with van der Waals surface area (Å²) in [7, 11) is 0. The molecule has 1 aromatic carbocycles. The molecule has 3 aliphatic heterocycles. The number of hydrogen-bond donors (Lipinski definition) is 2. The van der Waals surface area contributed by atoms with Crippen LogP contribution >= 0.6 is 0 Å². The van der Waals surface area contributed by atoms with Gasteiger partial charge in [0.05, 0.1) is 24.5 Å². The monoisotopic (exact) mass is 609 g/mol. The number of aliphatic hydroxyl groups excluding tert-OH is 1. The van der Waals surface area contributed by atoms with E-state index in [1.54, 1.807) is 17.1 Å². The number of hydrogen-bond acceptors (Lipinski definition) is 7. The summed E-state index contributed by atoms with van der Waals surface area (Å²) < 4.78 is 12.6. The van der Waals surface area contributed by atoms with Gasteiger partial charge in [0, 0.05) is 32.2 Å². The summed E-state index contributed by atoms with van der Waals surface area (Å²) in [5.74, 6) is -3.09. The van der Waals surface area contributed by atoms with Crippen LogP contribution in [0, 0.1) is 11.8 Å². The molecule has 1 spiro atoms. The maximum atomic E-state index is 14.3. The zero-order valence-electron chi connectivity index (χ0n) is 26.0. The topological polar surface area (TPSA) is 125 Å². The molecule has 0 aromatic heterocycles. The number of amides is 3. The minimum absolute atomic E-state index is 0.0727. The van der Waals surface area contributed by atoms with E-state index in [9.17, 15) is 24.3 Å². The van der Waals surface area contributed by atoms with Crippen molar-refractivity contribution < 1.29 is 33.8 Å². The van der Waals surface area contributed by atoms with Crippen LogP contribution in [0.25, 0.3) is 0 Å². The van der Waals surface area contributed by atoms with E-state index >= 15 is 0 Å². The average Bonchev–Trinajstić information content (AvgIpc) is 3.67. The summed E-state index contributed by atoms with van der Waals surface area (Å²) in [6, 6.07) is 8.16. The molecule has 2 bridgehead atoms. The second-order valence-corrected chi connectivity index (χ2v) is 12.0. The van der Waals surface area contributed by atoms with Crippen molar-refractivity contribution in [2.24, 2.45) is 11.8 Å². The molecule has 7 atom stereocenters. The zero-order chi connectivity index (χ0) is 31.9. The van der Waals surface area contributed by atoms with E-state index in [4.69, 9.17) is 9.47 Å². The molecule has 3 amide bonds. The smallest absolute Gasteiger partial charge is 0.313 e. The van der Waals surface area contributed by atoms with Crippen LogP contribution in [0.4, 0.5) is 0 Å². The number of likely N-dealkylation sites (tertiary alicyclic amines) is 1. The van der Waals surface area contributed by atoms with Crippen molar-refractivity contribution in [1.82, 2.24) is 15.1 Å². The molecule has 0 radical (unpaired) electrons. The lowest BCUT2D eigenvalue weighted by Crippen LogP contribution is -2.58. The summed E-state index contributed by atoms with van der Waals surface area (Å²) >= 11 is 0. The fraction of sp³-hybridized carbons (Fsp3) is 0.588. The predicted molar refractivity (Wildman–Crippen MR) is 165 cm³/mol. The number of ether oxygens (including phenoxy) is 2. The lowest BCUT2D eigenvalue weighted by Gasteiger charge is -2.39. The number of rotatable bonds is 17. The van der Waals surface area contributed by atoms with Crippen molar-refractivity contribution in [1.29, 1.82) is 0 Å². The van der Waals surface area contributed by atoms with Gasteiger partial charge in [0.2, 0.25) is 17.7 Å². The van der Waals surface area contributed by atoms with Crippen LogP contribution in [-0.2, 0) is 28.7 Å². The number of carbonyl (C=O) groups excluding carboxylic acids is 4. The van der Waals surface area contributed by atoms with E-state index in [1.807, 2.05) is 37.3 Å². The second kappa shape index (κ2) is 15.0. The number of aliphatic hydroxyl groups is 1. The molecule has 10 heteroatoms. The number of fused-ring (bicyclic) bond motifs is 1. The van der Waals surface area contributed by atoms with E-state index in [1.165, 1.54) is 4.90 Å². The first-order valence-corrected chi connectivity index (χ1v) is 15.9. The SMILES string of the molecule is C=CCCC(=O)NC[C@@H](OC(=O)[C@@H]1[C@H]2C(=O)N(CCCO)[C@H](C(=O)N(CC=C)C(C)CCC)[C@]23CC[C@H]1O3)c1ccccc1. The van der Waals surface area contributed by atoms with Crippen molar-refractivity contribution in [3.63, 3.8) is 0 Å². The Hall–Kier alpha value is -3.50. The van der Waals surface area contributed by atoms with Crippen LogP contribution in [0.2, 0.25) is 0 Å². The Labute approximate surface area is 260 Å². The van der Waals surface area contributed by atoms with Crippen LogP contribution in [0.3, 0.4) is 0 Å². The highest BCUT2D eigenvalue weighted by Gasteiger charge is 2.75. The summed E-state index contributed by atoms with van der Waals surface area (Å²) in [5, 5.41) is 12.5. The van der Waals surface area contributed by atoms with Crippen molar-refractivity contribution in [3.05, 3.63) is 61.2 Å². The Morgan fingerprint density at radius 1 is 1.25 bits per heavy atom. The third-order valence-corrected chi connectivity index (χ3v) is 9.20. The first-order chi connectivity index (χ1) is 21.2. The van der Waals surface area contributed by atoms with Gasteiger partial charge in [0.25, 0.3) is 0 Å². The molecule has 3 fully saturated rings. The lowest BCUT2D eigenvalue weighted by molar-refractivity contribution is -0.160. The van der Waals surface area contributed by atoms with Crippen LogP contribution in [-0.4, -0.2) is 88.6 Å². The second-order valence-electron chi connectivity index (χ2n) is 12.0. The quantitative estimate of drug-likeness (QED) is 0.205. The number of esters is 1. The van der Waals surface area contributed by atoms with Crippen LogP contribution in [0.1, 0.15) is 70.5 Å². The lowest BCUT2D eigenvalue weighted by atomic mass is 9.70. The molecule has 0 aliphatic carbocycles. The molecule has 2 N–H and O–H groups in total.